The highest BCUT2D eigenvalue weighted by Gasteiger charge is 2.27. The van der Waals surface area contributed by atoms with Crippen LogP contribution in [0, 0.1) is 0 Å². The van der Waals surface area contributed by atoms with Gasteiger partial charge in [-0.25, -0.2) is 4.79 Å². The number of carbonyl (C=O) groups excluding carboxylic acids is 3. The average molecular weight is 346 g/mol. The molecule has 2 rings (SSSR count). The van der Waals surface area contributed by atoms with Crippen molar-refractivity contribution in [2.45, 2.75) is 18.9 Å². The molecule has 1 aromatic rings. The van der Waals surface area contributed by atoms with Gasteiger partial charge in [0.15, 0.2) is 0 Å². The lowest BCUT2D eigenvalue weighted by Crippen LogP contribution is -2.51. The summed E-state index contributed by atoms with van der Waals surface area (Å²) in [7, 11) is 1.53. The Morgan fingerprint density at radius 3 is 2.80 bits per heavy atom. The summed E-state index contributed by atoms with van der Waals surface area (Å²) in [5.41, 5.74) is 0.491. The van der Waals surface area contributed by atoms with Crippen LogP contribution in [0.15, 0.2) is 30.9 Å². The largest absolute Gasteiger partial charge is 0.507 e. The molecule has 1 unspecified atom stereocenters. The third-order valence-corrected chi connectivity index (χ3v) is 3.95. The molecule has 1 heterocycles. The fourth-order valence-corrected chi connectivity index (χ4v) is 2.69. The van der Waals surface area contributed by atoms with Gasteiger partial charge in [0.1, 0.15) is 5.75 Å². The summed E-state index contributed by atoms with van der Waals surface area (Å²) in [6.45, 7) is 4.26. The van der Waals surface area contributed by atoms with Crippen molar-refractivity contribution in [1.29, 1.82) is 0 Å². The number of phenols is 1. The maximum absolute atomic E-state index is 12.7. The minimum Gasteiger partial charge on any atom is -0.507 e. The molecular weight excluding hydrogens is 324 g/mol. The standard InChI is InChI=1S/C17H22N4O4/c1-3-15(23)19-11-6-7-14(22)13(9-11)16(24)21-8-4-5-12(10-21)20-17(25)18-2/h3,6-7,9,12,22H,1,4-5,8,10H2,2H3,(H,19,23)(H2,18,20,25). The minimum absolute atomic E-state index is 0.0995. The first kappa shape index (κ1) is 18.3. The van der Waals surface area contributed by atoms with Crippen molar-refractivity contribution in [3.8, 4) is 5.75 Å². The Hall–Kier alpha value is -3.03. The molecule has 1 saturated heterocycles. The van der Waals surface area contributed by atoms with E-state index < -0.39 is 5.91 Å². The second-order valence-corrected chi connectivity index (χ2v) is 5.74. The van der Waals surface area contributed by atoms with Crippen LogP contribution < -0.4 is 16.0 Å². The molecule has 0 saturated carbocycles. The van der Waals surface area contributed by atoms with Crippen LogP contribution in [0.2, 0.25) is 0 Å². The molecule has 0 bridgehead atoms. The first-order valence-corrected chi connectivity index (χ1v) is 7.98. The van der Waals surface area contributed by atoms with Gasteiger partial charge in [0.2, 0.25) is 5.91 Å². The number of carbonyl (C=O) groups is 3. The predicted octanol–water partition coefficient (Wildman–Crippen LogP) is 1.05. The zero-order valence-electron chi connectivity index (χ0n) is 14.0. The number of aromatic hydroxyl groups is 1. The van der Waals surface area contributed by atoms with Crippen molar-refractivity contribution in [3.63, 3.8) is 0 Å². The normalized spacial score (nSPS) is 16.7. The van der Waals surface area contributed by atoms with E-state index in [9.17, 15) is 19.5 Å². The van der Waals surface area contributed by atoms with Crippen LogP contribution in [-0.4, -0.2) is 54.0 Å². The van der Waals surface area contributed by atoms with Gasteiger partial charge >= 0.3 is 6.03 Å². The van der Waals surface area contributed by atoms with Crippen molar-refractivity contribution in [2.75, 3.05) is 25.5 Å². The molecule has 0 radical (unpaired) electrons. The van der Waals surface area contributed by atoms with Crippen LogP contribution in [0.1, 0.15) is 23.2 Å². The fraction of sp³-hybridized carbons (Fsp3) is 0.353. The average Bonchev–Trinajstić information content (AvgIpc) is 2.62. The van der Waals surface area contributed by atoms with Crippen molar-refractivity contribution >= 4 is 23.5 Å². The maximum Gasteiger partial charge on any atom is 0.314 e. The van der Waals surface area contributed by atoms with E-state index in [-0.39, 0.29) is 29.3 Å². The number of nitrogens with one attached hydrogen (secondary N) is 3. The van der Waals surface area contributed by atoms with Gasteiger partial charge < -0.3 is 26.0 Å². The number of hydrogen-bond donors (Lipinski definition) is 4. The van der Waals surface area contributed by atoms with E-state index in [4.69, 9.17) is 0 Å². The zero-order valence-corrected chi connectivity index (χ0v) is 14.0. The van der Waals surface area contributed by atoms with E-state index >= 15 is 0 Å². The molecule has 1 aromatic carbocycles. The van der Waals surface area contributed by atoms with Gasteiger partial charge in [-0.05, 0) is 37.1 Å². The molecular formula is C17H22N4O4. The lowest BCUT2D eigenvalue weighted by atomic mass is 10.0. The number of amides is 4. The van der Waals surface area contributed by atoms with Crippen LogP contribution in [0.5, 0.6) is 5.75 Å². The summed E-state index contributed by atoms with van der Waals surface area (Å²) in [5.74, 6) is -0.921. The third-order valence-electron chi connectivity index (χ3n) is 3.95. The smallest absolute Gasteiger partial charge is 0.314 e. The molecule has 1 aliphatic heterocycles. The molecule has 1 atom stereocenters. The number of benzene rings is 1. The Balaban J connectivity index is 2.13. The summed E-state index contributed by atoms with van der Waals surface area (Å²) >= 11 is 0. The molecule has 0 spiro atoms. The number of likely N-dealkylation sites (tertiary alicyclic amines) is 1. The molecule has 4 N–H and O–H groups in total. The number of rotatable bonds is 4. The van der Waals surface area contributed by atoms with Gasteiger partial charge in [-0.1, -0.05) is 6.58 Å². The van der Waals surface area contributed by atoms with Crippen LogP contribution in [0.4, 0.5) is 10.5 Å². The predicted molar refractivity (Wildman–Crippen MR) is 93.5 cm³/mol. The van der Waals surface area contributed by atoms with E-state index in [2.05, 4.69) is 22.5 Å². The van der Waals surface area contributed by atoms with Gasteiger partial charge in [0.05, 0.1) is 5.56 Å². The summed E-state index contributed by atoms with van der Waals surface area (Å²) in [6.07, 6.45) is 2.64. The van der Waals surface area contributed by atoms with Crippen molar-refractivity contribution in [3.05, 3.63) is 36.4 Å². The second-order valence-electron chi connectivity index (χ2n) is 5.74. The van der Waals surface area contributed by atoms with Crippen LogP contribution in [0.25, 0.3) is 0 Å². The number of phenolic OH excluding ortho intramolecular Hbond substituents is 1. The van der Waals surface area contributed by atoms with Gasteiger partial charge in [0, 0.05) is 31.9 Å². The van der Waals surface area contributed by atoms with E-state index in [1.165, 1.54) is 25.2 Å². The van der Waals surface area contributed by atoms with Gasteiger partial charge in [-0.2, -0.15) is 0 Å². The zero-order chi connectivity index (χ0) is 18.4. The highest BCUT2D eigenvalue weighted by Crippen LogP contribution is 2.24. The van der Waals surface area contributed by atoms with Crippen molar-refractivity contribution < 1.29 is 19.5 Å². The Morgan fingerprint density at radius 2 is 2.12 bits per heavy atom. The summed E-state index contributed by atoms with van der Waals surface area (Å²) < 4.78 is 0. The Labute approximate surface area is 145 Å². The monoisotopic (exact) mass is 346 g/mol. The van der Waals surface area contributed by atoms with Crippen LogP contribution in [-0.2, 0) is 4.79 Å². The lowest BCUT2D eigenvalue weighted by Gasteiger charge is -2.33. The quantitative estimate of drug-likeness (QED) is 0.482. The molecule has 8 heteroatoms. The van der Waals surface area contributed by atoms with Crippen LogP contribution >= 0.6 is 0 Å². The number of anilines is 1. The molecule has 1 aliphatic rings. The SMILES string of the molecule is C=CC(=O)Nc1ccc(O)c(C(=O)N2CCCC(NC(=O)NC)C2)c1. The maximum atomic E-state index is 12.7. The Morgan fingerprint density at radius 1 is 1.36 bits per heavy atom. The van der Waals surface area contributed by atoms with Crippen LogP contribution in [0.3, 0.4) is 0 Å². The minimum atomic E-state index is -0.406. The number of urea groups is 1. The van der Waals surface area contributed by atoms with E-state index in [1.807, 2.05) is 0 Å². The third kappa shape index (κ3) is 4.72. The summed E-state index contributed by atoms with van der Waals surface area (Å²) in [4.78, 5) is 37.1. The number of hydrogen-bond acceptors (Lipinski definition) is 4. The van der Waals surface area contributed by atoms with Crippen molar-refractivity contribution in [2.24, 2.45) is 0 Å². The van der Waals surface area contributed by atoms with Gasteiger partial charge in [0.25, 0.3) is 5.91 Å². The van der Waals surface area contributed by atoms with Gasteiger partial charge in [-0.3, -0.25) is 9.59 Å². The van der Waals surface area contributed by atoms with E-state index in [0.29, 0.717) is 18.8 Å². The highest BCUT2D eigenvalue weighted by molar-refractivity contribution is 6.02. The fourth-order valence-electron chi connectivity index (χ4n) is 2.69. The topological polar surface area (TPSA) is 111 Å². The first-order valence-electron chi connectivity index (χ1n) is 7.98. The van der Waals surface area contributed by atoms with Crippen molar-refractivity contribution in [1.82, 2.24) is 15.5 Å². The van der Waals surface area contributed by atoms with Gasteiger partial charge in [-0.15, -0.1) is 0 Å². The molecule has 134 valence electrons. The van der Waals surface area contributed by atoms with E-state index in [0.717, 1.165) is 18.9 Å². The second kappa shape index (κ2) is 8.18. The van der Waals surface area contributed by atoms with E-state index in [1.54, 1.807) is 4.90 Å². The highest BCUT2D eigenvalue weighted by atomic mass is 16.3. The number of piperidine rings is 1. The first-order chi connectivity index (χ1) is 11.9. The molecule has 25 heavy (non-hydrogen) atoms. The molecule has 0 aromatic heterocycles. The lowest BCUT2D eigenvalue weighted by molar-refractivity contribution is -0.111. The molecule has 0 aliphatic carbocycles. The Kier molecular flexibility index (Phi) is 5.99. The molecule has 8 nitrogen and oxygen atoms in total. The summed E-state index contributed by atoms with van der Waals surface area (Å²) in [6, 6.07) is 3.84. The molecule has 4 amide bonds. The number of nitrogens with zero attached hydrogens (tertiary/aromatic N) is 1. The summed E-state index contributed by atoms with van der Waals surface area (Å²) in [5, 5.41) is 17.8. The molecule has 1 fully saturated rings. The Bertz CT molecular complexity index is 689.